The summed E-state index contributed by atoms with van der Waals surface area (Å²) in [6.45, 7) is 5.36. The molecule has 0 bridgehead atoms. The van der Waals surface area contributed by atoms with Crippen LogP contribution in [0.25, 0.3) is 0 Å². The van der Waals surface area contributed by atoms with Crippen molar-refractivity contribution in [1.82, 2.24) is 9.55 Å². The Hall–Kier alpha value is -2.14. The number of carbonyl (C=O) groups is 1. The van der Waals surface area contributed by atoms with Crippen LogP contribution in [-0.2, 0) is 11.3 Å². The number of aromatic nitrogens is 2. The number of hydrogen-bond acceptors (Lipinski definition) is 3. The second-order valence-corrected chi connectivity index (χ2v) is 5.36. The minimum atomic E-state index is -0.0554. The monoisotopic (exact) mass is 286 g/mol. The summed E-state index contributed by atoms with van der Waals surface area (Å²) >= 11 is 0. The maximum Gasteiger partial charge on any atom is 0.225 e. The molecule has 0 radical (unpaired) electrons. The average molecular weight is 286 g/mol. The standard InChI is InChI=1S/C16H22N4O/c1-12(2)16-18-8-9-20(16)11-13-4-3-5-14(10-13)19-15(21)6-7-17/h3-5,8-10,12H,6-7,11,17H2,1-2H3,(H,19,21). The fourth-order valence-electron chi connectivity index (χ4n) is 2.25. The zero-order valence-corrected chi connectivity index (χ0v) is 12.5. The third-order valence-corrected chi connectivity index (χ3v) is 3.20. The Kier molecular flexibility index (Phi) is 5.11. The number of hydrogen-bond donors (Lipinski definition) is 2. The van der Waals surface area contributed by atoms with Crippen LogP contribution in [-0.4, -0.2) is 22.0 Å². The summed E-state index contributed by atoms with van der Waals surface area (Å²) in [5.74, 6) is 1.39. The summed E-state index contributed by atoms with van der Waals surface area (Å²) in [6, 6.07) is 7.86. The van der Waals surface area contributed by atoms with Crippen LogP contribution in [0.2, 0.25) is 0 Å². The molecule has 0 atom stereocenters. The van der Waals surface area contributed by atoms with Crippen molar-refractivity contribution in [3.8, 4) is 0 Å². The highest BCUT2D eigenvalue weighted by molar-refractivity contribution is 5.90. The number of carbonyl (C=O) groups excluding carboxylic acids is 1. The second-order valence-electron chi connectivity index (χ2n) is 5.36. The zero-order chi connectivity index (χ0) is 15.2. The summed E-state index contributed by atoms with van der Waals surface area (Å²) < 4.78 is 2.13. The molecule has 5 heteroatoms. The van der Waals surface area contributed by atoms with Crippen molar-refractivity contribution in [2.45, 2.75) is 32.7 Å². The van der Waals surface area contributed by atoms with Gasteiger partial charge in [-0.3, -0.25) is 4.79 Å². The number of nitrogens with one attached hydrogen (secondary N) is 1. The van der Waals surface area contributed by atoms with Crippen LogP contribution in [0.1, 0.15) is 37.6 Å². The van der Waals surface area contributed by atoms with Gasteiger partial charge in [-0.25, -0.2) is 4.98 Å². The van der Waals surface area contributed by atoms with Crippen LogP contribution in [0.4, 0.5) is 5.69 Å². The van der Waals surface area contributed by atoms with Gasteiger partial charge in [0.2, 0.25) is 5.91 Å². The molecule has 0 saturated carbocycles. The van der Waals surface area contributed by atoms with E-state index in [1.54, 1.807) is 0 Å². The van der Waals surface area contributed by atoms with Crippen LogP contribution in [0.15, 0.2) is 36.7 Å². The molecule has 0 fully saturated rings. The number of nitrogens with zero attached hydrogens (tertiary/aromatic N) is 2. The zero-order valence-electron chi connectivity index (χ0n) is 12.5. The third-order valence-electron chi connectivity index (χ3n) is 3.20. The Balaban J connectivity index is 2.10. The summed E-state index contributed by atoms with van der Waals surface area (Å²) in [5, 5.41) is 2.86. The molecule has 2 aromatic rings. The first kappa shape index (κ1) is 15.3. The van der Waals surface area contributed by atoms with E-state index in [-0.39, 0.29) is 5.91 Å². The summed E-state index contributed by atoms with van der Waals surface area (Å²) in [5.41, 5.74) is 7.31. The van der Waals surface area contributed by atoms with Crippen molar-refractivity contribution in [3.05, 3.63) is 48.0 Å². The Morgan fingerprint density at radius 2 is 2.24 bits per heavy atom. The van der Waals surface area contributed by atoms with Gasteiger partial charge in [0.25, 0.3) is 0 Å². The first-order valence-electron chi connectivity index (χ1n) is 7.20. The van der Waals surface area contributed by atoms with Gasteiger partial charge in [0.05, 0.1) is 0 Å². The van der Waals surface area contributed by atoms with Crippen molar-refractivity contribution in [1.29, 1.82) is 0 Å². The maximum absolute atomic E-state index is 11.6. The minimum absolute atomic E-state index is 0.0554. The Labute approximate surface area is 125 Å². The largest absolute Gasteiger partial charge is 0.330 e. The Morgan fingerprint density at radius 3 is 2.95 bits per heavy atom. The maximum atomic E-state index is 11.6. The number of benzene rings is 1. The van der Waals surface area contributed by atoms with E-state index >= 15 is 0 Å². The molecule has 0 aliphatic heterocycles. The lowest BCUT2D eigenvalue weighted by molar-refractivity contribution is -0.116. The molecular formula is C16H22N4O. The number of anilines is 1. The molecule has 1 amide bonds. The molecular weight excluding hydrogens is 264 g/mol. The fourth-order valence-corrected chi connectivity index (χ4v) is 2.25. The smallest absolute Gasteiger partial charge is 0.225 e. The molecule has 0 aliphatic rings. The van der Waals surface area contributed by atoms with Gasteiger partial charge in [-0.1, -0.05) is 26.0 Å². The van der Waals surface area contributed by atoms with Crippen LogP contribution < -0.4 is 11.1 Å². The molecule has 0 saturated heterocycles. The topological polar surface area (TPSA) is 72.9 Å². The highest BCUT2D eigenvalue weighted by Crippen LogP contribution is 2.16. The molecule has 3 N–H and O–H groups in total. The van der Waals surface area contributed by atoms with E-state index in [9.17, 15) is 4.79 Å². The molecule has 21 heavy (non-hydrogen) atoms. The van der Waals surface area contributed by atoms with E-state index < -0.39 is 0 Å². The van der Waals surface area contributed by atoms with Gasteiger partial charge in [-0.15, -0.1) is 0 Å². The van der Waals surface area contributed by atoms with E-state index in [1.165, 1.54) is 0 Å². The van der Waals surface area contributed by atoms with E-state index in [1.807, 2.05) is 36.7 Å². The van der Waals surface area contributed by atoms with Crippen LogP contribution in [0.3, 0.4) is 0 Å². The van der Waals surface area contributed by atoms with Crippen molar-refractivity contribution >= 4 is 11.6 Å². The van der Waals surface area contributed by atoms with Gasteiger partial charge >= 0.3 is 0 Å². The van der Waals surface area contributed by atoms with Gasteiger partial charge in [0, 0.05) is 43.5 Å². The number of rotatable bonds is 6. The molecule has 5 nitrogen and oxygen atoms in total. The Bertz CT molecular complexity index is 604. The number of nitrogens with two attached hydrogens (primary N) is 1. The highest BCUT2D eigenvalue weighted by atomic mass is 16.1. The molecule has 1 aromatic heterocycles. The first-order chi connectivity index (χ1) is 10.1. The molecule has 2 rings (SSSR count). The van der Waals surface area contributed by atoms with Crippen LogP contribution >= 0.6 is 0 Å². The highest BCUT2D eigenvalue weighted by Gasteiger charge is 2.08. The summed E-state index contributed by atoms with van der Waals surface area (Å²) in [6.07, 6.45) is 4.14. The van der Waals surface area contributed by atoms with Crippen molar-refractivity contribution in [2.75, 3.05) is 11.9 Å². The predicted octanol–water partition coefficient (Wildman–Crippen LogP) is 2.34. The normalized spacial score (nSPS) is 10.9. The van der Waals surface area contributed by atoms with Gasteiger partial charge in [-0.05, 0) is 17.7 Å². The van der Waals surface area contributed by atoms with Gasteiger partial charge in [0.1, 0.15) is 5.82 Å². The lowest BCUT2D eigenvalue weighted by atomic mass is 10.1. The molecule has 1 aromatic carbocycles. The average Bonchev–Trinajstić information content (AvgIpc) is 2.87. The molecule has 0 spiro atoms. The fraction of sp³-hybridized carbons (Fsp3) is 0.375. The van der Waals surface area contributed by atoms with Crippen molar-refractivity contribution < 1.29 is 4.79 Å². The first-order valence-corrected chi connectivity index (χ1v) is 7.20. The lowest BCUT2D eigenvalue weighted by Crippen LogP contribution is -2.16. The van der Waals surface area contributed by atoms with E-state index in [2.05, 4.69) is 28.7 Å². The Morgan fingerprint density at radius 1 is 1.43 bits per heavy atom. The molecule has 112 valence electrons. The van der Waals surface area contributed by atoms with E-state index in [0.717, 1.165) is 23.6 Å². The van der Waals surface area contributed by atoms with Gasteiger partial charge in [-0.2, -0.15) is 0 Å². The second kappa shape index (κ2) is 7.04. The molecule has 1 heterocycles. The summed E-state index contributed by atoms with van der Waals surface area (Å²) in [7, 11) is 0. The van der Waals surface area contributed by atoms with Gasteiger partial charge < -0.3 is 15.6 Å². The number of imidazole rings is 1. The van der Waals surface area contributed by atoms with Gasteiger partial charge in [0.15, 0.2) is 0 Å². The minimum Gasteiger partial charge on any atom is -0.330 e. The van der Waals surface area contributed by atoms with Crippen molar-refractivity contribution in [3.63, 3.8) is 0 Å². The molecule has 0 aliphatic carbocycles. The predicted molar refractivity (Wildman–Crippen MR) is 84.2 cm³/mol. The number of amides is 1. The molecule has 0 unspecified atom stereocenters. The quantitative estimate of drug-likeness (QED) is 0.856. The summed E-state index contributed by atoms with van der Waals surface area (Å²) in [4.78, 5) is 16.0. The van der Waals surface area contributed by atoms with Crippen molar-refractivity contribution in [2.24, 2.45) is 5.73 Å². The SMILES string of the molecule is CC(C)c1nccn1Cc1cccc(NC(=O)CCN)c1. The van der Waals surface area contributed by atoms with Crippen LogP contribution in [0, 0.1) is 0 Å². The van der Waals surface area contributed by atoms with Crippen LogP contribution in [0.5, 0.6) is 0 Å². The lowest BCUT2D eigenvalue weighted by Gasteiger charge is -2.11. The third kappa shape index (κ3) is 4.16. The van der Waals surface area contributed by atoms with E-state index in [4.69, 9.17) is 5.73 Å². The van der Waals surface area contributed by atoms with E-state index in [0.29, 0.717) is 18.9 Å².